The summed E-state index contributed by atoms with van der Waals surface area (Å²) in [5.41, 5.74) is 0.849. The van der Waals surface area contributed by atoms with Crippen molar-refractivity contribution in [1.29, 1.82) is 0 Å². The van der Waals surface area contributed by atoms with Gasteiger partial charge < -0.3 is 14.8 Å². The van der Waals surface area contributed by atoms with Crippen LogP contribution in [0.5, 0.6) is 0 Å². The number of carbonyl (C=O) groups is 1. The molecule has 0 spiro atoms. The van der Waals surface area contributed by atoms with Gasteiger partial charge in [0, 0.05) is 38.1 Å². The molecule has 0 radical (unpaired) electrons. The minimum Gasteiger partial charge on any atom is -0.354 e. The van der Waals surface area contributed by atoms with Crippen molar-refractivity contribution >= 4 is 5.91 Å². The molecular weight excluding hydrogens is 242 g/mol. The zero-order chi connectivity index (χ0) is 13.8. The number of likely N-dealkylation sites (tertiary alicyclic amines) is 1. The van der Waals surface area contributed by atoms with Crippen LogP contribution < -0.4 is 10.7 Å². The second-order valence-corrected chi connectivity index (χ2v) is 5.11. The van der Waals surface area contributed by atoms with E-state index in [1.54, 1.807) is 10.8 Å². The summed E-state index contributed by atoms with van der Waals surface area (Å²) in [6, 6.07) is 1.50. The lowest BCUT2D eigenvalue weighted by Crippen LogP contribution is -2.35. The van der Waals surface area contributed by atoms with Crippen LogP contribution in [-0.2, 0) is 7.05 Å². The van der Waals surface area contributed by atoms with Gasteiger partial charge in [-0.2, -0.15) is 0 Å². The highest BCUT2D eigenvalue weighted by Crippen LogP contribution is 2.05. The summed E-state index contributed by atoms with van der Waals surface area (Å²) in [5, 5.41) is 2.82. The molecular formula is C14H21N3O2. The topological polar surface area (TPSA) is 54.3 Å². The van der Waals surface area contributed by atoms with Gasteiger partial charge in [-0.3, -0.25) is 9.59 Å². The van der Waals surface area contributed by atoms with Crippen LogP contribution in [0.15, 0.2) is 17.1 Å². The molecule has 1 aliphatic rings. The first-order valence-electron chi connectivity index (χ1n) is 6.76. The number of nitrogens with zero attached hydrogens (tertiary/aromatic N) is 2. The van der Waals surface area contributed by atoms with Crippen molar-refractivity contribution in [3.8, 4) is 0 Å². The standard InChI is InChI=1S/C14H21N3O2/c1-11-9-13(18)12(10-16(11)2)14(19)15-5-8-17-6-3-4-7-17/h9-10H,3-8H2,1-2H3,(H,15,19). The first-order chi connectivity index (χ1) is 9.08. The van der Waals surface area contributed by atoms with Crippen LogP contribution in [-0.4, -0.2) is 41.6 Å². The molecule has 19 heavy (non-hydrogen) atoms. The molecule has 2 heterocycles. The molecule has 0 unspecified atom stereocenters. The smallest absolute Gasteiger partial charge is 0.256 e. The van der Waals surface area contributed by atoms with Crippen LogP contribution in [0.4, 0.5) is 0 Å². The zero-order valence-corrected chi connectivity index (χ0v) is 11.6. The van der Waals surface area contributed by atoms with Crippen molar-refractivity contribution in [1.82, 2.24) is 14.8 Å². The van der Waals surface area contributed by atoms with Gasteiger partial charge in [0.25, 0.3) is 5.91 Å². The highest BCUT2D eigenvalue weighted by atomic mass is 16.2. The molecule has 0 saturated carbocycles. The highest BCUT2D eigenvalue weighted by molar-refractivity contribution is 5.93. The van der Waals surface area contributed by atoms with E-state index in [0.29, 0.717) is 6.54 Å². The number of pyridine rings is 1. The number of rotatable bonds is 4. The highest BCUT2D eigenvalue weighted by Gasteiger charge is 2.13. The number of nitrogens with one attached hydrogen (secondary N) is 1. The Morgan fingerprint density at radius 2 is 2.05 bits per heavy atom. The molecule has 104 valence electrons. The predicted octanol–water partition coefficient (Wildman–Crippen LogP) is 0.519. The van der Waals surface area contributed by atoms with Gasteiger partial charge in [0.05, 0.1) is 0 Å². The summed E-state index contributed by atoms with van der Waals surface area (Å²) in [7, 11) is 1.83. The van der Waals surface area contributed by atoms with Crippen molar-refractivity contribution in [3.63, 3.8) is 0 Å². The van der Waals surface area contributed by atoms with Crippen molar-refractivity contribution < 1.29 is 4.79 Å². The monoisotopic (exact) mass is 263 g/mol. The van der Waals surface area contributed by atoms with E-state index in [0.717, 1.165) is 25.3 Å². The first-order valence-corrected chi connectivity index (χ1v) is 6.76. The Balaban J connectivity index is 1.92. The fourth-order valence-electron chi connectivity index (χ4n) is 2.33. The number of hydrogen-bond donors (Lipinski definition) is 1. The largest absolute Gasteiger partial charge is 0.354 e. The maximum absolute atomic E-state index is 12.0. The summed E-state index contributed by atoms with van der Waals surface area (Å²) in [6.45, 7) is 5.52. The molecule has 5 heteroatoms. The van der Waals surface area contributed by atoms with Crippen LogP contribution in [0.25, 0.3) is 0 Å². The van der Waals surface area contributed by atoms with Crippen LogP contribution in [0, 0.1) is 6.92 Å². The molecule has 1 N–H and O–H groups in total. The van der Waals surface area contributed by atoms with Gasteiger partial charge in [0.15, 0.2) is 5.43 Å². The molecule has 0 bridgehead atoms. The van der Waals surface area contributed by atoms with Gasteiger partial charge >= 0.3 is 0 Å². The van der Waals surface area contributed by atoms with Crippen LogP contribution >= 0.6 is 0 Å². The number of hydrogen-bond acceptors (Lipinski definition) is 3. The van der Waals surface area contributed by atoms with Crippen molar-refractivity contribution in [2.24, 2.45) is 7.05 Å². The molecule has 1 aromatic rings. The summed E-state index contributed by atoms with van der Waals surface area (Å²) in [6.07, 6.45) is 4.09. The fourth-order valence-corrected chi connectivity index (χ4v) is 2.33. The molecule has 1 saturated heterocycles. The van der Waals surface area contributed by atoms with E-state index in [4.69, 9.17) is 0 Å². The number of carbonyl (C=O) groups excluding carboxylic acids is 1. The molecule has 0 atom stereocenters. The van der Waals surface area contributed by atoms with Gasteiger partial charge in [-0.1, -0.05) is 0 Å². The van der Waals surface area contributed by atoms with E-state index >= 15 is 0 Å². The van der Waals surface area contributed by atoms with Gasteiger partial charge in [-0.05, 0) is 32.9 Å². The molecule has 1 amide bonds. The molecule has 1 aromatic heterocycles. The van der Waals surface area contributed by atoms with E-state index < -0.39 is 0 Å². The van der Waals surface area contributed by atoms with Crippen molar-refractivity contribution in [3.05, 3.63) is 33.7 Å². The number of aryl methyl sites for hydroxylation is 2. The fraction of sp³-hybridized carbons (Fsp3) is 0.571. The number of aromatic nitrogens is 1. The van der Waals surface area contributed by atoms with E-state index in [1.165, 1.54) is 18.9 Å². The summed E-state index contributed by atoms with van der Waals surface area (Å²) in [4.78, 5) is 26.1. The minimum atomic E-state index is -0.278. The predicted molar refractivity (Wildman–Crippen MR) is 74.4 cm³/mol. The third-order valence-corrected chi connectivity index (χ3v) is 3.64. The Bertz CT molecular complexity index is 516. The van der Waals surface area contributed by atoms with E-state index in [2.05, 4.69) is 10.2 Å². The zero-order valence-electron chi connectivity index (χ0n) is 11.6. The van der Waals surface area contributed by atoms with Crippen molar-refractivity contribution in [2.75, 3.05) is 26.2 Å². The van der Waals surface area contributed by atoms with Crippen LogP contribution in [0.3, 0.4) is 0 Å². The van der Waals surface area contributed by atoms with Gasteiger partial charge in [0.1, 0.15) is 5.56 Å². The first kappa shape index (κ1) is 13.8. The van der Waals surface area contributed by atoms with E-state index in [-0.39, 0.29) is 16.9 Å². The summed E-state index contributed by atoms with van der Waals surface area (Å²) in [5.74, 6) is -0.278. The van der Waals surface area contributed by atoms with Gasteiger partial charge in [-0.25, -0.2) is 0 Å². The van der Waals surface area contributed by atoms with Gasteiger partial charge in [-0.15, -0.1) is 0 Å². The molecule has 0 aromatic carbocycles. The third kappa shape index (κ3) is 3.44. The lowest BCUT2D eigenvalue weighted by atomic mass is 10.2. The molecule has 1 fully saturated rings. The van der Waals surface area contributed by atoms with Crippen molar-refractivity contribution in [2.45, 2.75) is 19.8 Å². The van der Waals surface area contributed by atoms with E-state index in [1.807, 2.05) is 14.0 Å². The molecule has 1 aliphatic heterocycles. The minimum absolute atomic E-state index is 0.214. The Labute approximate surface area is 113 Å². The molecule has 2 rings (SSSR count). The maximum Gasteiger partial charge on any atom is 0.256 e. The average Bonchev–Trinajstić information content (AvgIpc) is 2.86. The lowest BCUT2D eigenvalue weighted by Gasteiger charge is -2.14. The number of amides is 1. The summed E-state index contributed by atoms with van der Waals surface area (Å²) >= 11 is 0. The second kappa shape index (κ2) is 6.02. The molecule has 0 aliphatic carbocycles. The quantitative estimate of drug-likeness (QED) is 0.861. The second-order valence-electron chi connectivity index (χ2n) is 5.11. The lowest BCUT2D eigenvalue weighted by molar-refractivity contribution is 0.0948. The van der Waals surface area contributed by atoms with Gasteiger partial charge in [0.2, 0.25) is 0 Å². The Hall–Kier alpha value is -1.62. The SMILES string of the molecule is Cc1cc(=O)c(C(=O)NCCN2CCCC2)cn1C. The maximum atomic E-state index is 12.0. The Morgan fingerprint density at radius 1 is 1.37 bits per heavy atom. The van der Waals surface area contributed by atoms with Crippen LogP contribution in [0.2, 0.25) is 0 Å². The van der Waals surface area contributed by atoms with Crippen LogP contribution in [0.1, 0.15) is 28.9 Å². The normalized spacial score (nSPS) is 15.7. The molecule has 5 nitrogen and oxygen atoms in total. The average molecular weight is 263 g/mol. The third-order valence-electron chi connectivity index (χ3n) is 3.64. The Morgan fingerprint density at radius 3 is 2.74 bits per heavy atom. The van der Waals surface area contributed by atoms with E-state index in [9.17, 15) is 9.59 Å². The summed E-state index contributed by atoms with van der Waals surface area (Å²) < 4.78 is 1.79. The Kier molecular flexibility index (Phi) is 4.37.